The van der Waals surface area contributed by atoms with Gasteiger partial charge in [-0.1, -0.05) is 12.1 Å². The highest BCUT2D eigenvalue weighted by molar-refractivity contribution is 7.79. The Labute approximate surface area is 77.5 Å². The molecule has 5 heteroatoms. The summed E-state index contributed by atoms with van der Waals surface area (Å²) in [5, 5.41) is 8.44. The largest absolute Gasteiger partial charge is 0.481 e. The number of hydrogen-bond donors (Lipinski definition) is 2. The highest BCUT2D eigenvalue weighted by Crippen LogP contribution is 2.07. The molecule has 1 aromatic rings. The maximum atomic E-state index is 10.5. The second-order valence-electron chi connectivity index (χ2n) is 2.46. The standard InChI is InChI=1S/C8H8O4S/c9-8(10)5-6-1-3-7(4-2-6)13(11)12/h1-4H,5H2,(H,9,10)(H,11,12). The van der Waals surface area contributed by atoms with Gasteiger partial charge in [-0.25, -0.2) is 4.21 Å². The van der Waals surface area contributed by atoms with Gasteiger partial charge in [-0.3, -0.25) is 4.79 Å². The monoisotopic (exact) mass is 200 g/mol. The van der Waals surface area contributed by atoms with E-state index in [4.69, 9.17) is 9.66 Å². The third kappa shape index (κ3) is 2.96. The molecule has 0 spiro atoms. The first-order chi connectivity index (χ1) is 6.09. The van der Waals surface area contributed by atoms with Crippen molar-refractivity contribution >= 4 is 17.0 Å². The molecule has 1 atom stereocenters. The van der Waals surface area contributed by atoms with E-state index >= 15 is 0 Å². The van der Waals surface area contributed by atoms with E-state index in [0.29, 0.717) is 5.56 Å². The summed E-state index contributed by atoms with van der Waals surface area (Å²) in [6.07, 6.45) is -0.0711. The number of hydrogen-bond acceptors (Lipinski definition) is 2. The molecule has 0 aliphatic rings. The van der Waals surface area contributed by atoms with Crippen LogP contribution in [0.3, 0.4) is 0 Å². The first-order valence-corrected chi connectivity index (χ1v) is 4.62. The van der Waals surface area contributed by atoms with Crippen LogP contribution in [0.15, 0.2) is 29.2 Å². The van der Waals surface area contributed by atoms with Crippen molar-refractivity contribution in [3.63, 3.8) is 0 Å². The van der Waals surface area contributed by atoms with E-state index in [1.165, 1.54) is 24.3 Å². The first-order valence-electron chi connectivity index (χ1n) is 3.51. The number of rotatable bonds is 3. The number of carboxylic acid groups (broad SMARTS) is 1. The van der Waals surface area contributed by atoms with Crippen LogP contribution in [0.2, 0.25) is 0 Å². The molecule has 1 rings (SSSR count). The first kappa shape index (κ1) is 9.88. The van der Waals surface area contributed by atoms with E-state index in [1.54, 1.807) is 0 Å². The van der Waals surface area contributed by atoms with Crippen molar-refractivity contribution in [3.05, 3.63) is 29.8 Å². The predicted molar refractivity (Wildman–Crippen MR) is 46.8 cm³/mol. The van der Waals surface area contributed by atoms with Crippen LogP contribution in [0.5, 0.6) is 0 Å². The molecule has 0 aromatic heterocycles. The highest BCUT2D eigenvalue weighted by atomic mass is 32.2. The van der Waals surface area contributed by atoms with Gasteiger partial charge < -0.3 is 9.66 Å². The zero-order chi connectivity index (χ0) is 9.84. The van der Waals surface area contributed by atoms with Crippen molar-refractivity contribution in [1.82, 2.24) is 0 Å². The molecule has 13 heavy (non-hydrogen) atoms. The van der Waals surface area contributed by atoms with Gasteiger partial charge >= 0.3 is 5.97 Å². The summed E-state index contributed by atoms with van der Waals surface area (Å²) in [6, 6.07) is 5.93. The third-order valence-electron chi connectivity index (χ3n) is 1.48. The minimum absolute atomic E-state index is 0.0711. The molecule has 0 fully saturated rings. The van der Waals surface area contributed by atoms with Crippen molar-refractivity contribution in [3.8, 4) is 0 Å². The SMILES string of the molecule is O=C(O)Cc1ccc(S(=O)O)cc1. The predicted octanol–water partition coefficient (Wildman–Crippen LogP) is 0.894. The smallest absolute Gasteiger partial charge is 0.307 e. The van der Waals surface area contributed by atoms with Gasteiger partial charge in [0.1, 0.15) is 0 Å². The Hall–Kier alpha value is -1.20. The minimum Gasteiger partial charge on any atom is -0.481 e. The summed E-state index contributed by atoms with van der Waals surface area (Å²) in [6.45, 7) is 0. The summed E-state index contributed by atoms with van der Waals surface area (Å²) < 4.78 is 19.2. The quantitative estimate of drug-likeness (QED) is 0.711. The fourth-order valence-corrected chi connectivity index (χ4v) is 1.27. The molecular formula is C8H8O4S. The molecule has 0 saturated carbocycles. The molecule has 0 bridgehead atoms. The molecule has 2 N–H and O–H groups in total. The molecule has 0 saturated heterocycles. The van der Waals surface area contributed by atoms with E-state index in [0.717, 1.165) is 0 Å². The van der Waals surface area contributed by atoms with Gasteiger partial charge in [-0.05, 0) is 17.7 Å². The molecule has 0 aliphatic carbocycles. The fraction of sp³-hybridized carbons (Fsp3) is 0.125. The molecule has 1 aromatic carbocycles. The van der Waals surface area contributed by atoms with Crippen molar-refractivity contribution in [2.24, 2.45) is 0 Å². The average Bonchev–Trinajstić information content (AvgIpc) is 2.04. The molecule has 0 radical (unpaired) electrons. The van der Waals surface area contributed by atoms with Gasteiger partial charge in [0.05, 0.1) is 11.3 Å². The van der Waals surface area contributed by atoms with Gasteiger partial charge in [0.15, 0.2) is 11.1 Å². The Morgan fingerprint density at radius 1 is 1.31 bits per heavy atom. The fourth-order valence-electron chi connectivity index (χ4n) is 0.898. The van der Waals surface area contributed by atoms with Crippen LogP contribution in [0.1, 0.15) is 5.56 Å². The maximum Gasteiger partial charge on any atom is 0.307 e. The van der Waals surface area contributed by atoms with E-state index in [2.05, 4.69) is 0 Å². The lowest BCUT2D eigenvalue weighted by Crippen LogP contribution is -2.00. The summed E-state index contributed by atoms with van der Waals surface area (Å²) in [7, 11) is 0. The summed E-state index contributed by atoms with van der Waals surface area (Å²) in [5.74, 6) is -0.919. The third-order valence-corrected chi connectivity index (χ3v) is 2.16. The van der Waals surface area contributed by atoms with Crippen LogP contribution in [-0.2, 0) is 22.3 Å². The van der Waals surface area contributed by atoms with E-state index in [1.807, 2.05) is 0 Å². The maximum absolute atomic E-state index is 10.5. The van der Waals surface area contributed by atoms with Crippen LogP contribution in [0.25, 0.3) is 0 Å². The Morgan fingerprint density at radius 3 is 2.23 bits per heavy atom. The topological polar surface area (TPSA) is 74.6 Å². The Bertz CT molecular complexity index is 331. The Kier molecular flexibility index (Phi) is 3.16. The molecule has 70 valence electrons. The molecule has 4 nitrogen and oxygen atoms in total. The molecule has 0 aliphatic heterocycles. The highest BCUT2D eigenvalue weighted by Gasteiger charge is 2.02. The minimum atomic E-state index is -2.00. The molecular weight excluding hydrogens is 192 g/mol. The number of aliphatic carboxylic acids is 1. The van der Waals surface area contributed by atoms with Crippen LogP contribution in [0.4, 0.5) is 0 Å². The molecule has 1 unspecified atom stereocenters. The zero-order valence-electron chi connectivity index (χ0n) is 6.64. The van der Waals surface area contributed by atoms with Crippen LogP contribution < -0.4 is 0 Å². The van der Waals surface area contributed by atoms with Crippen molar-refractivity contribution in [2.75, 3.05) is 0 Å². The van der Waals surface area contributed by atoms with Crippen LogP contribution >= 0.6 is 0 Å². The van der Waals surface area contributed by atoms with E-state index in [9.17, 15) is 9.00 Å². The Morgan fingerprint density at radius 2 is 1.85 bits per heavy atom. The second-order valence-corrected chi connectivity index (χ2v) is 3.43. The van der Waals surface area contributed by atoms with Gasteiger partial charge in [0.2, 0.25) is 0 Å². The lowest BCUT2D eigenvalue weighted by Gasteiger charge is -1.97. The van der Waals surface area contributed by atoms with Gasteiger partial charge in [0.25, 0.3) is 0 Å². The number of carbonyl (C=O) groups is 1. The summed E-state index contributed by atoms with van der Waals surface area (Å²) in [5.41, 5.74) is 0.613. The normalized spacial score (nSPS) is 12.4. The van der Waals surface area contributed by atoms with Crippen LogP contribution in [0, 0.1) is 0 Å². The van der Waals surface area contributed by atoms with Gasteiger partial charge in [-0.15, -0.1) is 0 Å². The molecule has 0 amide bonds. The number of benzene rings is 1. The summed E-state index contributed by atoms with van der Waals surface area (Å²) >= 11 is -2.00. The zero-order valence-corrected chi connectivity index (χ0v) is 7.45. The van der Waals surface area contributed by atoms with Crippen molar-refractivity contribution in [2.45, 2.75) is 11.3 Å². The van der Waals surface area contributed by atoms with Crippen molar-refractivity contribution in [1.29, 1.82) is 0 Å². The van der Waals surface area contributed by atoms with Gasteiger partial charge in [0, 0.05) is 0 Å². The molecule has 0 heterocycles. The Balaban J connectivity index is 2.81. The average molecular weight is 200 g/mol. The van der Waals surface area contributed by atoms with E-state index < -0.39 is 17.0 Å². The summed E-state index contributed by atoms with van der Waals surface area (Å²) in [4.78, 5) is 10.6. The number of carboxylic acids is 1. The second kappa shape index (κ2) is 4.15. The van der Waals surface area contributed by atoms with Gasteiger partial charge in [-0.2, -0.15) is 0 Å². The lowest BCUT2D eigenvalue weighted by molar-refractivity contribution is -0.136. The van der Waals surface area contributed by atoms with Crippen LogP contribution in [-0.4, -0.2) is 19.8 Å². The lowest BCUT2D eigenvalue weighted by atomic mass is 10.2. The van der Waals surface area contributed by atoms with E-state index in [-0.39, 0.29) is 11.3 Å². The van der Waals surface area contributed by atoms with Crippen molar-refractivity contribution < 1.29 is 18.7 Å².